The Morgan fingerprint density at radius 3 is 2.57 bits per heavy atom. The van der Waals surface area contributed by atoms with E-state index in [0.717, 1.165) is 15.8 Å². The first-order valence-electron chi connectivity index (χ1n) is 6.32. The minimum Gasteiger partial charge on any atom is -0.366 e. The monoisotopic (exact) mass is 306 g/mol. The molecule has 0 atom stereocenters. The molecule has 21 heavy (non-hydrogen) atoms. The third-order valence-electron chi connectivity index (χ3n) is 3.03. The molecule has 0 bridgehead atoms. The van der Waals surface area contributed by atoms with Crippen molar-refractivity contribution in [3.05, 3.63) is 51.0 Å². The van der Waals surface area contributed by atoms with Crippen molar-refractivity contribution >= 4 is 28.8 Å². The van der Waals surface area contributed by atoms with Gasteiger partial charge in [0.05, 0.1) is 6.42 Å². The summed E-state index contributed by atoms with van der Waals surface area (Å²) in [4.78, 5) is 25.2. The summed E-state index contributed by atoms with van der Waals surface area (Å²) in [5, 5.41) is 2.62. The number of carbonyl (C=O) groups excluding carboxylic acids is 2. The van der Waals surface area contributed by atoms with E-state index in [1.54, 1.807) is 0 Å². The van der Waals surface area contributed by atoms with Crippen LogP contribution in [0.25, 0.3) is 0 Å². The van der Waals surface area contributed by atoms with Crippen LogP contribution in [0.1, 0.15) is 25.7 Å². The van der Waals surface area contributed by atoms with Crippen molar-refractivity contribution in [2.45, 2.75) is 20.3 Å². The van der Waals surface area contributed by atoms with Crippen molar-refractivity contribution in [1.29, 1.82) is 0 Å². The summed E-state index contributed by atoms with van der Waals surface area (Å²) in [6.07, 6.45) is 0.209. The summed E-state index contributed by atoms with van der Waals surface area (Å²) in [5.74, 6) is -1.58. The molecule has 0 unspecified atom stereocenters. The number of rotatable bonds is 4. The summed E-state index contributed by atoms with van der Waals surface area (Å²) >= 11 is 1.53. The number of nitrogens with two attached hydrogens (primary N) is 1. The highest BCUT2D eigenvalue weighted by Gasteiger charge is 2.13. The lowest BCUT2D eigenvalue weighted by Gasteiger charge is -2.10. The predicted octanol–water partition coefficient (Wildman–Crippen LogP) is 2.78. The number of nitrogens with one attached hydrogen (secondary N) is 1. The molecule has 1 heterocycles. The number of benzene rings is 1. The van der Waals surface area contributed by atoms with Crippen molar-refractivity contribution in [2.24, 2.45) is 5.73 Å². The second-order valence-electron chi connectivity index (χ2n) is 4.73. The molecule has 6 heteroatoms. The van der Waals surface area contributed by atoms with Crippen LogP contribution in [-0.2, 0) is 11.2 Å². The Balaban J connectivity index is 2.18. The molecule has 110 valence electrons. The van der Waals surface area contributed by atoms with Gasteiger partial charge in [-0.25, -0.2) is 4.39 Å². The molecule has 3 N–H and O–H groups in total. The molecule has 0 aliphatic heterocycles. The van der Waals surface area contributed by atoms with Crippen LogP contribution < -0.4 is 11.1 Å². The second kappa shape index (κ2) is 6.05. The molecule has 0 spiro atoms. The summed E-state index contributed by atoms with van der Waals surface area (Å²) in [6, 6.07) is 6.27. The van der Waals surface area contributed by atoms with Gasteiger partial charge in [0.15, 0.2) is 0 Å². The minimum absolute atomic E-state index is 0.0281. The van der Waals surface area contributed by atoms with Crippen molar-refractivity contribution in [3.63, 3.8) is 0 Å². The maximum absolute atomic E-state index is 13.7. The van der Waals surface area contributed by atoms with Gasteiger partial charge in [-0.1, -0.05) is 0 Å². The quantitative estimate of drug-likeness (QED) is 0.911. The SMILES string of the molecule is Cc1ccc(CC(=O)Nc2cc(C(N)=O)cc(F)c2C)s1. The maximum atomic E-state index is 13.7. The van der Waals surface area contributed by atoms with Crippen molar-refractivity contribution in [1.82, 2.24) is 0 Å². The van der Waals surface area contributed by atoms with E-state index >= 15 is 0 Å². The van der Waals surface area contributed by atoms with Crippen molar-refractivity contribution in [3.8, 4) is 0 Å². The Morgan fingerprint density at radius 2 is 2.00 bits per heavy atom. The number of primary amides is 1. The van der Waals surface area contributed by atoms with Crippen molar-refractivity contribution < 1.29 is 14.0 Å². The zero-order valence-corrected chi connectivity index (χ0v) is 12.5. The third-order valence-corrected chi connectivity index (χ3v) is 4.03. The first kappa shape index (κ1) is 15.2. The van der Waals surface area contributed by atoms with E-state index in [4.69, 9.17) is 5.73 Å². The summed E-state index contributed by atoms with van der Waals surface area (Å²) in [6.45, 7) is 3.49. The predicted molar refractivity (Wildman–Crippen MR) is 81.0 cm³/mol. The molecular formula is C15H15FN2O2S. The van der Waals surface area contributed by atoms with E-state index in [2.05, 4.69) is 5.32 Å². The van der Waals surface area contributed by atoms with Gasteiger partial charge >= 0.3 is 0 Å². The summed E-state index contributed by atoms with van der Waals surface area (Å²) in [5.41, 5.74) is 5.71. The molecule has 0 aliphatic rings. The first-order valence-corrected chi connectivity index (χ1v) is 7.13. The fourth-order valence-electron chi connectivity index (χ4n) is 1.88. The molecular weight excluding hydrogens is 291 g/mol. The number of anilines is 1. The standard InChI is InChI=1S/C15H15FN2O2S/c1-8-3-4-11(21-8)7-14(19)18-13-6-10(15(17)20)5-12(16)9(13)2/h3-6H,7H2,1-2H3,(H2,17,20)(H,18,19). The smallest absolute Gasteiger partial charge is 0.248 e. The first-order chi connectivity index (χ1) is 9.86. The molecule has 1 aromatic carbocycles. The number of thiophene rings is 1. The van der Waals surface area contributed by atoms with E-state index < -0.39 is 11.7 Å². The lowest BCUT2D eigenvalue weighted by molar-refractivity contribution is -0.115. The van der Waals surface area contributed by atoms with Crippen LogP contribution in [0.3, 0.4) is 0 Å². The van der Waals surface area contributed by atoms with Crippen molar-refractivity contribution in [2.75, 3.05) is 5.32 Å². The van der Waals surface area contributed by atoms with E-state index in [-0.39, 0.29) is 29.1 Å². The van der Waals surface area contributed by atoms with E-state index in [9.17, 15) is 14.0 Å². The highest BCUT2D eigenvalue weighted by Crippen LogP contribution is 2.22. The van der Waals surface area contributed by atoms with Gasteiger partial charge < -0.3 is 11.1 Å². The number of hydrogen-bond donors (Lipinski definition) is 2. The Kier molecular flexibility index (Phi) is 4.37. The van der Waals surface area contributed by atoms with E-state index in [1.807, 2.05) is 19.1 Å². The van der Waals surface area contributed by atoms with E-state index in [1.165, 1.54) is 24.3 Å². The Morgan fingerprint density at radius 1 is 1.29 bits per heavy atom. The zero-order chi connectivity index (χ0) is 15.6. The highest BCUT2D eigenvalue weighted by atomic mass is 32.1. The van der Waals surface area contributed by atoms with Gasteiger partial charge in [-0.3, -0.25) is 9.59 Å². The Hall–Kier alpha value is -2.21. The molecule has 0 saturated carbocycles. The normalized spacial score (nSPS) is 10.4. The summed E-state index contributed by atoms with van der Waals surface area (Å²) in [7, 11) is 0. The van der Waals surface area contributed by atoms with Gasteiger partial charge in [0.2, 0.25) is 11.8 Å². The largest absolute Gasteiger partial charge is 0.366 e. The fourth-order valence-corrected chi connectivity index (χ4v) is 2.77. The van der Waals surface area contributed by atoms with Crippen LogP contribution in [0.15, 0.2) is 24.3 Å². The molecule has 0 saturated heterocycles. The fraction of sp³-hybridized carbons (Fsp3) is 0.200. The van der Waals surface area contributed by atoms with Gasteiger partial charge in [0, 0.05) is 26.6 Å². The number of amides is 2. The van der Waals surface area contributed by atoms with Crippen LogP contribution in [0.2, 0.25) is 0 Å². The van der Waals surface area contributed by atoms with Gasteiger partial charge in [0.25, 0.3) is 0 Å². The van der Waals surface area contributed by atoms with Gasteiger partial charge in [-0.2, -0.15) is 0 Å². The molecule has 1 aromatic heterocycles. The van der Waals surface area contributed by atoms with Crippen LogP contribution in [0, 0.1) is 19.7 Å². The zero-order valence-electron chi connectivity index (χ0n) is 11.7. The van der Waals surface area contributed by atoms with Crippen LogP contribution in [0.5, 0.6) is 0 Å². The molecule has 2 aromatic rings. The average molecular weight is 306 g/mol. The lowest BCUT2D eigenvalue weighted by atomic mass is 10.1. The second-order valence-corrected chi connectivity index (χ2v) is 6.10. The summed E-state index contributed by atoms with van der Waals surface area (Å²) < 4.78 is 13.7. The van der Waals surface area contributed by atoms with Crippen LogP contribution in [-0.4, -0.2) is 11.8 Å². The lowest BCUT2D eigenvalue weighted by Crippen LogP contribution is -2.17. The van der Waals surface area contributed by atoms with Gasteiger partial charge in [0.1, 0.15) is 5.82 Å². The maximum Gasteiger partial charge on any atom is 0.248 e. The molecule has 0 aliphatic carbocycles. The number of carbonyl (C=O) groups is 2. The molecule has 4 nitrogen and oxygen atoms in total. The number of hydrogen-bond acceptors (Lipinski definition) is 3. The van der Waals surface area contributed by atoms with Crippen LogP contribution >= 0.6 is 11.3 Å². The van der Waals surface area contributed by atoms with Crippen LogP contribution in [0.4, 0.5) is 10.1 Å². The molecule has 0 radical (unpaired) electrons. The average Bonchev–Trinajstić information content (AvgIpc) is 2.79. The topological polar surface area (TPSA) is 72.2 Å². The Bertz CT molecular complexity index is 710. The third kappa shape index (κ3) is 3.66. The number of halogens is 1. The molecule has 2 rings (SSSR count). The minimum atomic E-state index is -0.738. The molecule has 2 amide bonds. The van der Waals surface area contributed by atoms with E-state index in [0.29, 0.717) is 0 Å². The van der Waals surface area contributed by atoms with Gasteiger partial charge in [-0.05, 0) is 38.1 Å². The Labute approximate surface area is 125 Å². The number of aryl methyl sites for hydroxylation is 1. The van der Waals surface area contributed by atoms with Gasteiger partial charge in [-0.15, -0.1) is 11.3 Å². The molecule has 0 fully saturated rings. The highest BCUT2D eigenvalue weighted by molar-refractivity contribution is 7.12.